The van der Waals surface area contributed by atoms with Gasteiger partial charge >= 0.3 is 0 Å². The fraction of sp³-hybridized carbons (Fsp3) is 0.647. The van der Waals surface area contributed by atoms with Crippen LogP contribution in [0, 0.1) is 18.8 Å². The van der Waals surface area contributed by atoms with Crippen molar-refractivity contribution in [3.05, 3.63) is 35.7 Å². The van der Waals surface area contributed by atoms with Crippen molar-refractivity contribution in [1.82, 2.24) is 30.6 Å². The van der Waals surface area contributed by atoms with Gasteiger partial charge in [0, 0.05) is 81.3 Å². The van der Waals surface area contributed by atoms with Crippen molar-refractivity contribution >= 4 is 23.4 Å². The third-order valence-corrected chi connectivity index (χ3v) is 9.99. The fourth-order valence-electron chi connectivity index (χ4n) is 7.24. The topological polar surface area (TPSA) is 121 Å². The molecule has 11 heteroatoms. The van der Waals surface area contributed by atoms with Gasteiger partial charge in [-0.3, -0.25) is 24.0 Å². The van der Waals surface area contributed by atoms with Crippen LogP contribution in [0.3, 0.4) is 0 Å². The predicted molar refractivity (Wildman–Crippen MR) is 175 cm³/mol. The molecule has 3 fully saturated rings. The summed E-state index contributed by atoms with van der Waals surface area (Å²) in [5, 5.41) is 13.9. The van der Waals surface area contributed by atoms with Crippen LogP contribution in [0.5, 0.6) is 0 Å². The van der Waals surface area contributed by atoms with Gasteiger partial charge in [-0.2, -0.15) is 5.10 Å². The summed E-state index contributed by atoms with van der Waals surface area (Å²) in [6, 6.07) is 4.80. The predicted octanol–water partition coefficient (Wildman–Crippen LogP) is 2.96. The fourth-order valence-corrected chi connectivity index (χ4v) is 7.24. The summed E-state index contributed by atoms with van der Waals surface area (Å²) in [6.07, 6.45) is 8.61. The van der Waals surface area contributed by atoms with Crippen LogP contribution >= 0.6 is 0 Å². The second kappa shape index (κ2) is 14.8. The van der Waals surface area contributed by atoms with E-state index in [9.17, 15) is 14.4 Å². The van der Waals surface area contributed by atoms with Crippen LogP contribution in [-0.4, -0.2) is 97.0 Å². The number of anilines is 1. The molecule has 1 aliphatic carbocycles. The summed E-state index contributed by atoms with van der Waals surface area (Å²) in [7, 11) is 2.11. The van der Waals surface area contributed by atoms with Crippen molar-refractivity contribution in [2.24, 2.45) is 11.8 Å². The van der Waals surface area contributed by atoms with Gasteiger partial charge in [0.25, 0.3) is 5.91 Å². The van der Waals surface area contributed by atoms with E-state index in [0.717, 1.165) is 93.9 Å². The highest BCUT2D eigenvalue weighted by atomic mass is 16.5. The Labute approximate surface area is 267 Å². The first-order chi connectivity index (χ1) is 21.6. The SMILES string of the molecule is CC(=O)N[C@H]1CC[C@@H](N(C)c2cc(-c3cnn(CCN4CCOCC4)c3)cc(C(=O)NCC3C(=O)NC(C)CC3C)c2C)CC1. The number of amides is 3. The van der Waals surface area contributed by atoms with Crippen molar-refractivity contribution in [2.75, 3.05) is 51.3 Å². The van der Waals surface area contributed by atoms with E-state index < -0.39 is 0 Å². The van der Waals surface area contributed by atoms with E-state index in [1.165, 1.54) is 0 Å². The highest BCUT2D eigenvalue weighted by molar-refractivity contribution is 5.99. The van der Waals surface area contributed by atoms with Gasteiger partial charge in [-0.15, -0.1) is 0 Å². The summed E-state index contributed by atoms with van der Waals surface area (Å²) < 4.78 is 7.45. The van der Waals surface area contributed by atoms with Crippen molar-refractivity contribution in [2.45, 2.75) is 84.5 Å². The van der Waals surface area contributed by atoms with Gasteiger partial charge in [-0.1, -0.05) is 6.92 Å². The summed E-state index contributed by atoms with van der Waals surface area (Å²) in [6.45, 7) is 13.1. The van der Waals surface area contributed by atoms with Gasteiger partial charge in [-0.25, -0.2) is 0 Å². The van der Waals surface area contributed by atoms with Crippen molar-refractivity contribution in [1.29, 1.82) is 0 Å². The second-order valence-electron chi connectivity index (χ2n) is 13.4. The average Bonchev–Trinajstić information content (AvgIpc) is 3.49. The summed E-state index contributed by atoms with van der Waals surface area (Å²) >= 11 is 0. The molecule has 2 saturated heterocycles. The monoisotopic (exact) mass is 621 g/mol. The zero-order valence-corrected chi connectivity index (χ0v) is 27.6. The maximum atomic E-state index is 13.8. The van der Waals surface area contributed by atoms with Crippen molar-refractivity contribution in [3.63, 3.8) is 0 Å². The second-order valence-corrected chi connectivity index (χ2v) is 13.4. The quantitative estimate of drug-likeness (QED) is 0.373. The third-order valence-electron chi connectivity index (χ3n) is 9.99. The summed E-state index contributed by atoms with van der Waals surface area (Å²) in [5.74, 6) is -0.201. The molecule has 0 spiro atoms. The van der Waals surface area contributed by atoms with Gasteiger partial charge in [-0.05, 0) is 75.1 Å². The van der Waals surface area contributed by atoms with E-state index in [-0.39, 0.29) is 41.6 Å². The number of carbonyl (C=O) groups excluding carboxylic acids is 3. The first-order valence-electron chi connectivity index (χ1n) is 16.6. The van der Waals surface area contributed by atoms with Crippen LogP contribution in [-0.2, 0) is 20.9 Å². The molecule has 45 heavy (non-hydrogen) atoms. The molecule has 3 atom stereocenters. The minimum atomic E-state index is -0.251. The number of piperidine rings is 1. The number of benzene rings is 1. The minimum absolute atomic E-state index is 0.00630. The molecular formula is C34H51N7O4. The first kappa shape index (κ1) is 32.9. The number of hydrogen-bond acceptors (Lipinski definition) is 7. The Morgan fingerprint density at radius 1 is 1.09 bits per heavy atom. The van der Waals surface area contributed by atoms with Crippen LogP contribution in [0.1, 0.15) is 68.8 Å². The maximum absolute atomic E-state index is 13.8. The molecule has 1 saturated carbocycles. The summed E-state index contributed by atoms with van der Waals surface area (Å²) in [4.78, 5) is 42.8. The molecule has 246 valence electrons. The number of ether oxygens (including phenoxy) is 1. The van der Waals surface area contributed by atoms with Gasteiger partial charge in [0.1, 0.15) is 0 Å². The number of aromatic nitrogens is 2. The molecule has 2 aromatic rings. The lowest BCUT2D eigenvalue weighted by Crippen LogP contribution is -2.50. The Morgan fingerprint density at radius 3 is 2.51 bits per heavy atom. The Bertz CT molecular complexity index is 1350. The van der Waals surface area contributed by atoms with E-state index >= 15 is 0 Å². The van der Waals surface area contributed by atoms with Crippen LogP contribution < -0.4 is 20.9 Å². The lowest BCUT2D eigenvalue weighted by Gasteiger charge is -2.37. The lowest BCUT2D eigenvalue weighted by atomic mass is 9.84. The molecule has 2 aliphatic heterocycles. The molecule has 3 aliphatic rings. The highest BCUT2D eigenvalue weighted by Gasteiger charge is 2.33. The summed E-state index contributed by atoms with van der Waals surface area (Å²) in [5.41, 5.74) is 4.44. The normalized spacial score (nSPS) is 25.8. The van der Waals surface area contributed by atoms with Crippen molar-refractivity contribution < 1.29 is 19.1 Å². The van der Waals surface area contributed by atoms with E-state index in [2.05, 4.69) is 57.1 Å². The van der Waals surface area contributed by atoms with Crippen LogP contribution in [0.15, 0.2) is 24.5 Å². The molecule has 3 unspecified atom stereocenters. The van der Waals surface area contributed by atoms with E-state index in [1.54, 1.807) is 6.92 Å². The molecular weight excluding hydrogens is 570 g/mol. The number of rotatable bonds is 10. The maximum Gasteiger partial charge on any atom is 0.251 e. The Hall–Kier alpha value is -3.44. The Morgan fingerprint density at radius 2 is 1.82 bits per heavy atom. The average molecular weight is 622 g/mol. The lowest BCUT2D eigenvalue weighted by molar-refractivity contribution is -0.129. The number of nitrogens with one attached hydrogen (secondary N) is 3. The molecule has 5 rings (SSSR count). The minimum Gasteiger partial charge on any atom is -0.379 e. The van der Waals surface area contributed by atoms with Crippen LogP contribution in [0.2, 0.25) is 0 Å². The number of morpholine rings is 1. The molecule has 1 aromatic heterocycles. The van der Waals surface area contributed by atoms with E-state index in [4.69, 9.17) is 4.74 Å². The van der Waals surface area contributed by atoms with Crippen molar-refractivity contribution in [3.8, 4) is 11.1 Å². The Kier molecular flexibility index (Phi) is 10.8. The standard InChI is InChI=1S/C34H51N7O4/c1-22-16-23(2)37-34(44)31(22)20-35-33(43)30-17-26(27-19-36-41(21-27)11-10-40-12-14-45-15-13-40)18-32(24(30)3)39(5)29-8-6-28(7-9-29)38-25(4)42/h17-19,21-23,28-29,31H,6-16,20H2,1-5H3,(H,35,43)(H,37,44)(H,38,42)/t22?,23?,28-,29+,31?. The smallest absolute Gasteiger partial charge is 0.251 e. The van der Waals surface area contributed by atoms with Gasteiger partial charge < -0.3 is 25.6 Å². The number of carbonyl (C=O) groups is 3. The van der Waals surface area contributed by atoms with Gasteiger partial charge in [0.15, 0.2) is 0 Å². The third kappa shape index (κ3) is 8.24. The number of nitrogens with zero attached hydrogens (tertiary/aromatic N) is 4. The molecule has 3 amide bonds. The molecule has 11 nitrogen and oxygen atoms in total. The number of hydrogen-bond donors (Lipinski definition) is 3. The first-order valence-corrected chi connectivity index (χ1v) is 16.6. The zero-order chi connectivity index (χ0) is 32.1. The van der Waals surface area contributed by atoms with Crippen LogP contribution in [0.25, 0.3) is 11.1 Å². The van der Waals surface area contributed by atoms with E-state index in [1.807, 2.05) is 30.8 Å². The highest BCUT2D eigenvalue weighted by Crippen LogP contribution is 2.34. The molecule has 0 radical (unpaired) electrons. The zero-order valence-electron chi connectivity index (χ0n) is 27.6. The van der Waals surface area contributed by atoms with Gasteiger partial charge in [0.2, 0.25) is 11.8 Å². The molecule has 1 aromatic carbocycles. The largest absolute Gasteiger partial charge is 0.379 e. The van der Waals surface area contributed by atoms with Gasteiger partial charge in [0.05, 0.1) is 31.9 Å². The molecule has 3 N–H and O–H groups in total. The van der Waals surface area contributed by atoms with Crippen LogP contribution in [0.4, 0.5) is 5.69 Å². The molecule has 0 bridgehead atoms. The Balaban J connectivity index is 1.37. The molecule has 3 heterocycles. The van der Waals surface area contributed by atoms with E-state index in [0.29, 0.717) is 18.2 Å².